The first-order chi connectivity index (χ1) is 9.29. The molecule has 0 unspecified atom stereocenters. The fourth-order valence-corrected chi connectivity index (χ4v) is 1.82. The minimum Gasteiger partial charge on any atom is -0.489 e. The second kappa shape index (κ2) is 6.90. The van der Waals surface area contributed by atoms with Gasteiger partial charge in [0.25, 0.3) is 0 Å². The van der Waals surface area contributed by atoms with Crippen LogP contribution in [0.1, 0.15) is 18.1 Å². The summed E-state index contributed by atoms with van der Waals surface area (Å²) < 4.78 is 18.5. The Bertz CT molecular complexity index is 510. The highest BCUT2D eigenvalue weighted by molar-refractivity contribution is 5.28. The zero-order valence-corrected chi connectivity index (χ0v) is 11.0. The molecule has 0 saturated carbocycles. The average Bonchev–Trinajstić information content (AvgIpc) is 2.45. The minimum atomic E-state index is -0.250. The molecule has 0 fully saturated rings. The maximum absolute atomic E-state index is 12.8. The second-order valence-electron chi connectivity index (χ2n) is 4.29. The van der Waals surface area contributed by atoms with Gasteiger partial charge in [0, 0.05) is 6.54 Å². The van der Waals surface area contributed by atoms with Gasteiger partial charge >= 0.3 is 0 Å². The molecule has 0 bridgehead atoms. The molecule has 0 amide bonds. The maximum atomic E-state index is 12.8. The molecule has 0 aromatic heterocycles. The Morgan fingerprint density at radius 2 is 1.68 bits per heavy atom. The number of benzene rings is 2. The van der Waals surface area contributed by atoms with Gasteiger partial charge in [0.1, 0.15) is 18.2 Å². The Labute approximate surface area is 113 Å². The number of hydrogen-bond acceptors (Lipinski definition) is 2. The SMILES string of the molecule is CCNCc1ccccc1COc1ccc(F)cc1. The summed E-state index contributed by atoms with van der Waals surface area (Å²) in [6.45, 7) is 4.34. The fourth-order valence-electron chi connectivity index (χ4n) is 1.82. The molecule has 2 rings (SSSR count). The van der Waals surface area contributed by atoms with Crippen molar-refractivity contribution in [3.63, 3.8) is 0 Å². The van der Waals surface area contributed by atoms with Crippen molar-refractivity contribution in [2.75, 3.05) is 6.54 Å². The van der Waals surface area contributed by atoms with Crippen LogP contribution in [0.3, 0.4) is 0 Å². The summed E-state index contributed by atoms with van der Waals surface area (Å²) in [4.78, 5) is 0. The van der Waals surface area contributed by atoms with E-state index in [0.29, 0.717) is 12.4 Å². The van der Waals surface area contributed by atoms with Gasteiger partial charge < -0.3 is 10.1 Å². The lowest BCUT2D eigenvalue weighted by atomic mass is 10.1. The van der Waals surface area contributed by atoms with Gasteiger partial charge in [-0.1, -0.05) is 31.2 Å². The fraction of sp³-hybridized carbons (Fsp3) is 0.250. The van der Waals surface area contributed by atoms with Crippen molar-refractivity contribution in [1.82, 2.24) is 5.32 Å². The van der Waals surface area contributed by atoms with E-state index in [1.807, 2.05) is 12.1 Å². The number of rotatable bonds is 6. The number of nitrogens with one attached hydrogen (secondary N) is 1. The van der Waals surface area contributed by atoms with E-state index >= 15 is 0 Å². The molecule has 19 heavy (non-hydrogen) atoms. The minimum absolute atomic E-state index is 0.250. The van der Waals surface area contributed by atoms with Crippen LogP contribution in [0.4, 0.5) is 4.39 Å². The lowest BCUT2D eigenvalue weighted by molar-refractivity contribution is 0.304. The van der Waals surface area contributed by atoms with Crippen molar-refractivity contribution in [3.05, 3.63) is 65.5 Å². The molecule has 0 spiro atoms. The summed E-state index contributed by atoms with van der Waals surface area (Å²) in [5.74, 6) is 0.430. The van der Waals surface area contributed by atoms with E-state index in [9.17, 15) is 4.39 Å². The molecule has 2 nitrogen and oxygen atoms in total. The molecule has 3 heteroatoms. The second-order valence-corrected chi connectivity index (χ2v) is 4.29. The summed E-state index contributed by atoms with van der Waals surface area (Å²) >= 11 is 0. The van der Waals surface area contributed by atoms with Crippen LogP contribution in [-0.2, 0) is 13.2 Å². The third-order valence-electron chi connectivity index (χ3n) is 2.89. The van der Waals surface area contributed by atoms with E-state index in [4.69, 9.17) is 4.74 Å². The highest BCUT2D eigenvalue weighted by Crippen LogP contribution is 2.15. The van der Waals surface area contributed by atoms with Crippen molar-refractivity contribution in [2.24, 2.45) is 0 Å². The van der Waals surface area contributed by atoms with Crippen molar-refractivity contribution in [3.8, 4) is 5.75 Å². The Kier molecular flexibility index (Phi) is 4.93. The highest BCUT2D eigenvalue weighted by atomic mass is 19.1. The van der Waals surface area contributed by atoms with Crippen LogP contribution in [0, 0.1) is 5.82 Å². The normalized spacial score (nSPS) is 10.4. The van der Waals surface area contributed by atoms with Gasteiger partial charge in [0.05, 0.1) is 0 Å². The summed E-state index contributed by atoms with van der Waals surface area (Å²) in [6, 6.07) is 14.2. The molecule has 0 saturated heterocycles. The van der Waals surface area contributed by atoms with E-state index in [1.54, 1.807) is 12.1 Å². The first-order valence-corrected chi connectivity index (χ1v) is 6.45. The zero-order valence-electron chi connectivity index (χ0n) is 11.0. The van der Waals surface area contributed by atoms with Gasteiger partial charge in [-0.25, -0.2) is 4.39 Å². The van der Waals surface area contributed by atoms with Gasteiger partial charge in [0.15, 0.2) is 0 Å². The van der Waals surface area contributed by atoms with Crippen molar-refractivity contribution < 1.29 is 9.13 Å². The van der Waals surface area contributed by atoms with Gasteiger partial charge in [-0.15, -0.1) is 0 Å². The van der Waals surface area contributed by atoms with E-state index in [0.717, 1.165) is 18.7 Å². The van der Waals surface area contributed by atoms with Crippen LogP contribution in [0.5, 0.6) is 5.75 Å². The smallest absolute Gasteiger partial charge is 0.123 e. The Balaban J connectivity index is 2.00. The van der Waals surface area contributed by atoms with Crippen molar-refractivity contribution >= 4 is 0 Å². The quantitative estimate of drug-likeness (QED) is 0.857. The van der Waals surface area contributed by atoms with Crippen LogP contribution < -0.4 is 10.1 Å². The molecule has 0 aliphatic carbocycles. The molecule has 0 atom stereocenters. The predicted molar refractivity (Wildman–Crippen MR) is 74.6 cm³/mol. The Morgan fingerprint density at radius 3 is 2.37 bits per heavy atom. The molecule has 0 heterocycles. The van der Waals surface area contributed by atoms with E-state index in [-0.39, 0.29) is 5.82 Å². The summed E-state index contributed by atoms with van der Waals surface area (Å²) in [7, 11) is 0. The number of halogens is 1. The summed E-state index contributed by atoms with van der Waals surface area (Å²) in [5.41, 5.74) is 2.37. The van der Waals surface area contributed by atoms with E-state index < -0.39 is 0 Å². The van der Waals surface area contributed by atoms with Crippen LogP contribution in [0.2, 0.25) is 0 Å². The molecule has 0 aliphatic heterocycles. The summed E-state index contributed by atoms with van der Waals surface area (Å²) in [5, 5.41) is 3.31. The summed E-state index contributed by atoms with van der Waals surface area (Å²) in [6.07, 6.45) is 0. The topological polar surface area (TPSA) is 21.3 Å². The monoisotopic (exact) mass is 259 g/mol. The Morgan fingerprint density at radius 1 is 1.00 bits per heavy atom. The highest BCUT2D eigenvalue weighted by Gasteiger charge is 2.02. The molecule has 2 aromatic carbocycles. The lowest BCUT2D eigenvalue weighted by Crippen LogP contribution is -2.13. The number of ether oxygens (including phenoxy) is 1. The van der Waals surface area contributed by atoms with Crippen LogP contribution in [0.15, 0.2) is 48.5 Å². The van der Waals surface area contributed by atoms with Gasteiger partial charge in [-0.2, -0.15) is 0 Å². The average molecular weight is 259 g/mol. The molecule has 1 N–H and O–H groups in total. The van der Waals surface area contributed by atoms with Crippen LogP contribution >= 0.6 is 0 Å². The van der Waals surface area contributed by atoms with Crippen LogP contribution in [-0.4, -0.2) is 6.54 Å². The van der Waals surface area contributed by atoms with Gasteiger partial charge in [0.2, 0.25) is 0 Å². The lowest BCUT2D eigenvalue weighted by Gasteiger charge is -2.11. The first-order valence-electron chi connectivity index (χ1n) is 6.45. The van der Waals surface area contributed by atoms with E-state index in [2.05, 4.69) is 24.4 Å². The third kappa shape index (κ3) is 4.07. The third-order valence-corrected chi connectivity index (χ3v) is 2.89. The predicted octanol–water partition coefficient (Wildman–Crippen LogP) is 3.51. The molecule has 2 aromatic rings. The van der Waals surface area contributed by atoms with E-state index in [1.165, 1.54) is 17.7 Å². The van der Waals surface area contributed by atoms with Gasteiger partial charge in [-0.3, -0.25) is 0 Å². The molecule has 0 radical (unpaired) electrons. The molecule has 0 aliphatic rings. The van der Waals surface area contributed by atoms with Crippen molar-refractivity contribution in [1.29, 1.82) is 0 Å². The largest absolute Gasteiger partial charge is 0.489 e. The maximum Gasteiger partial charge on any atom is 0.123 e. The van der Waals surface area contributed by atoms with Gasteiger partial charge in [-0.05, 0) is 41.9 Å². The molecule has 100 valence electrons. The Hall–Kier alpha value is -1.87. The standard InChI is InChI=1S/C16H18FNO/c1-2-18-11-13-5-3-4-6-14(13)12-19-16-9-7-15(17)8-10-16/h3-10,18H,2,11-12H2,1H3. The molecular formula is C16H18FNO. The van der Waals surface area contributed by atoms with Crippen molar-refractivity contribution in [2.45, 2.75) is 20.1 Å². The van der Waals surface area contributed by atoms with Crippen LogP contribution in [0.25, 0.3) is 0 Å². The molecular weight excluding hydrogens is 241 g/mol. The number of hydrogen-bond donors (Lipinski definition) is 1. The zero-order chi connectivity index (χ0) is 13.5. The first kappa shape index (κ1) is 13.6.